The molecule has 2 rings (SSSR count). The van der Waals surface area contributed by atoms with E-state index in [4.69, 9.17) is 4.74 Å². The fraction of sp³-hybridized carbons (Fsp3) is 0.111. The first-order chi connectivity index (χ1) is 11.4. The van der Waals surface area contributed by atoms with Gasteiger partial charge in [0, 0.05) is 16.2 Å². The number of halogens is 2. The van der Waals surface area contributed by atoms with Crippen LogP contribution in [0.5, 0.6) is 0 Å². The van der Waals surface area contributed by atoms with Gasteiger partial charge in [0.1, 0.15) is 5.82 Å². The Morgan fingerprint density at radius 3 is 2.75 bits per heavy atom. The number of amides is 1. The van der Waals surface area contributed by atoms with Gasteiger partial charge in [-0.05, 0) is 54.5 Å². The Kier molecular flexibility index (Phi) is 6.26. The number of hydrogen-bond acceptors (Lipinski definition) is 3. The molecule has 124 valence electrons. The third-order valence-electron chi connectivity index (χ3n) is 3.07. The fourth-order valence-electron chi connectivity index (χ4n) is 1.91. The van der Waals surface area contributed by atoms with Crippen molar-refractivity contribution in [2.45, 2.75) is 6.92 Å². The van der Waals surface area contributed by atoms with Gasteiger partial charge < -0.3 is 10.1 Å². The quantitative estimate of drug-likeness (QED) is 0.616. The lowest BCUT2D eigenvalue weighted by atomic mass is 10.2. The van der Waals surface area contributed by atoms with Crippen LogP contribution in [0.1, 0.15) is 11.1 Å². The number of esters is 1. The van der Waals surface area contributed by atoms with Crippen LogP contribution < -0.4 is 5.32 Å². The number of hydrogen-bond donors (Lipinski definition) is 1. The van der Waals surface area contributed by atoms with Crippen LogP contribution in [0.2, 0.25) is 0 Å². The molecule has 1 N–H and O–H groups in total. The van der Waals surface area contributed by atoms with Crippen LogP contribution in [0.15, 0.2) is 53.0 Å². The van der Waals surface area contributed by atoms with E-state index in [2.05, 4.69) is 21.2 Å². The van der Waals surface area contributed by atoms with Gasteiger partial charge in [-0.1, -0.05) is 28.1 Å². The maximum atomic E-state index is 13.0. The van der Waals surface area contributed by atoms with Gasteiger partial charge in [0.05, 0.1) is 0 Å². The van der Waals surface area contributed by atoms with Crippen molar-refractivity contribution >= 4 is 39.6 Å². The molecule has 4 nitrogen and oxygen atoms in total. The van der Waals surface area contributed by atoms with Gasteiger partial charge in [-0.3, -0.25) is 4.79 Å². The largest absolute Gasteiger partial charge is 0.452 e. The standard InChI is InChI=1S/C18H15BrFNO3/c1-12-9-14(19)6-7-16(12)21-17(22)11-24-18(23)8-5-13-3-2-4-15(20)10-13/h2-10H,11H2,1H3,(H,21,22)/b8-5+. The summed E-state index contributed by atoms with van der Waals surface area (Å²) in [5, 5.41) is 2.66. The smallest absolute Gasteiger partial charge is 0.331 e. The van der Waals surface area contributed by atoms with Gasteiger partial charge in [-0.25, -0.2) is 9.18 Å². The molecule has 6 heteroatoms. The van der Waals surface area contributed by atoms with Gasteiger partial charge in [-0.15, -0.1) is 0 Å². The predicted octanol–water partition coefficient (Wildman–Crippen LogP) is 4.09. The van der Waals surface area contributed by atoms with Crippen LogP contribution in [0, 0.1) is 12.7 Å². The van der Waals surface area contributed by atoms with E-state index in [0.717, 1.165) is 16.1 Å². The molecule has 0 saturated carbocycles. The van der Waals surface area contributed by atoms with E-state index < -0.39 is 24.3 Å². The van der Waals surface area contributed by atoms with Crippen molar-refractivity contribution in [3.8, 4) is 0 Å². The van der Waals surface area contributed by atoms with Crippen molar-refractivity contribution in [1.29, 1.82) is 0 Å². The van der Waals surface area contributed by atoms with Crippen LogP contribution in [0.25, 0.3) is 6.08 Å². The molecule has 0 bridgehead atoms. The van der Waals surface area contributed by atoms with E-state index in [-0.39, 0.29) is 0 Å². The number of rotatable bonds is 5. The maximum Gasteiger partial charge on any atom is 0.331 e. The maximum absolute atomic E-state index is 13.0. The SMILES string of the molecule is Cc1cc(Br)ccc1NC(=O)COC(=O)/C=C/c1cccc(F)c1. The highest BCUT2D eigenvalue weighted by molar-refractivity contribution is 9.10. The molecular weight excluding hydrogens is 377 g/mol. The molecule has 0 heterocycles. The minimum absolute atomic E-state index is 0.394. The van der Waals surface area contributed by atoms with Crippen molar-refractivity contribution in [2.75, 3.05) is 11.9 Å². The summed E-state index contributed by atoms with van der Waals surface area (Å²) in [6, 6.07) is 11.2. The minimum atomic E-state index is -0.679. The Labute approximate surface area is 147 Å². The highest BCUT2D eigenvalue weighted by atomic mass is 79.9. The third-order valence-corrected chi connectivity index (χ3v) is 3.56. The summed E-state index contributed by atoms with van der Waals surface area (Å²) in [6.07, 6.45) is 2.56. The summed E-state index contributed by atoms with van der Waals surface area (Å²) in [7, 11) is 0. The average Bonchev–Trinajstić information content (AvgIpc) is 2.54. The van der Waals surface area contributed by atoms with E-state index in [1.165, 1.54) is 24.3 Å². The van der Waals surface area contributed by atoms with Crippen LogP contribution in [0.4, 0.5) is 10.1 Å². The third kappa shape index (κ3) is 5.62. The topological polar surface area (TPSA) is 55.4 Å². The van der Waals surface area contributed by atoms with Gasteiger partial charge in [0.25, 0.3) is 5.91 Å². The van der Waals surface area contributed by atoms with Crippen molar-refractivity contribution in [1.82, 2.24) is 0 Å². The lowest BCUT2D eigenvalue weighted by Gasteiger charge is -2.08. The van der Waals surface area contributed by atoms with Crippen LogP contribution in [-0.4, -0.2) is 18.5 Å². The first kappa shape index (κ1) is 17.9. The Morgan fingerprint density at radius 2 is 2.04 bits per heavy atom. The zero-order chi connectivity index (χ0) is 17.5. The summed E-state index contributed by atoms with van der Waals surface area (Å²) in [5.41, 5.74) is 2.06. The zero-order valence-corrected chi connectivity index (χ0v) is 14.5. The Hall–Kier alpha value is -2.47. The zero-order valence-electron chi connectivity index (χ0n) is 12.9. The summed E-state index contributed by atoms with van der Waals surface area (Å²) >= 11 is 3.34. The van der Waals surface area contributed by atoms with Crippen molar-refractivity contribution in [2.24, 2.45) is 0 Å². The molecule has 0 aliphatic carbocycles. The number of nitrogens with one attached hydrogen (secondary N) is 1. The van der Waals surface area contributed by atoms with Gasteiger partial charge in [-0.2, -0.15) is 0 Å². The molecule has 0 atom stereocenters. The predicted molar refractivity (Wildman–Crippen MR) is 93.9 cm³/mol. The number of anilines is 1. The molecule has 0 aliphatic heterocycles. The molecule has 0 aromatic heterocycles. The van der Waals surface area contributed by atoms with E-state index in [0.29, 0.717) is 11.3 Å². The highest BCUT2D eigenvalue weighted by Crippen LogP contribution is 2.19. The Morgan fingerprint density at radius 1 is 1.25 bits per heavy atom. The molecule has 2 aromatic rings. The number of carbonyl (C=O) groups is 2. The second kappa shape index (κ2) is 8.40. The normalized spacial score (nSPS) is 10.6. The first-order valence-electron chi connectivity index (χ1n) is 7.10. The molecular formula is C18H15BrFNO3. The number of ether oxygens (including phenoxy) is 1. The Bertz CT molecular complexity index is 790. The lowest BCUT2D eigenvalue weighted by Crippen LogP contribution is -2.20. The molecule has 0 saturated heterocycles. The summed E-state index contributed by atoms with van der Waals surface area (Å²) < 4.78 is 18.8. The van der Waals surface area contributed by atoms with Crippen LogP contribution >= 0.6 is 15.9 Å². The van der Waals surface area contributed by atoms with E-state index in [1.54, 1.807) is 18.2 Å². The second-order valence-corrected chi connectivity index (χ2v) is 5.92. The van der Waals surface area contributed by atoms with E-state index in [9.17, 15) is 14.0 Å². The summed E-state index contributed by atoms with van der Waals surface area (Å²) in [4.78, 5) is 23.4. The van der Waals surface area contributed by atoms with Gasteiger partial charge in [0.2, 0.25) is 0 Å². The second-order valence-electron chi connectivity index (χ2n) is 5.00. The highest BCUT2D eigenvalue weighted by Gasteiger charge is 2.07. The number of benzene rings is 2. The van der Waals surface area contributed by atoms with Crippen molar-refractivity contribution in [3.05, 3.63) is 70.0 Å². The monoisotopic (exact) mass is 391 g/mol. The molecule has 0 radical (unpaired) electrons. The minimum Gasteiger partial charge on any atom is -0.452 e. The Balaban J connectivity index is 1.83. The lowest BCUT2D eigenvalue weighted by molar-refractivity contribution is -0.142. The number of aryl methyl sites for hydroxylation is 1. The van der Waals surface area contributed by atoms with Crippen LogP contribution in [0.3, 0.4) is 0 Å². The van der Waals surface area contributed by atoms with Gasteiger partial charge >= 0.3 is 5.97 Å². The molecule has 0 unspecified atom stereocenters. The molecule has 0 aliphatic rings. The molecule has 2 aromatic carbocycles. The average molecular weight is 392 g/mol. The van der Waals surface area contributed by atoms with Crippen LogP contribution in [-0.2, 0) is 14.3 Å². The van der Waals surface area contributed by atoms with Crippen molar-refractivity contribution in [3.63, 3.8) is 0 Å². The first-order valence-corrected chi connectivity index (χ1v) is 7.90. The number of carbonyl (C=O) groups excluding carboxylic acids is 2. The fourth-order valence-corrected chi connectivity index (χ4v) is 2.39. The summed E-state index contributed by atoms with van der Waals surface area (Å²) in [6.45, 7) is 1.45. The molecule has 0 fully saturated rings. The van der Waals surface area contributed by atoms with E-state index in [1.807, 2.05) is 13.0 Å². The molecule has 1 amide bonds. The molecule has 0 spiro atoms. The molecule has 24 heavy (non-hydrogen) atoms. The summed E-state index contributed by atoms with van der Waals surface area (Å²) in [5.74, 6) is -1.51. The van der Waals surface area contributed by atoms with Gasteiger partial charge in [0.15, 0.2) is 6.61 Å². The van der Waals surface area contributed by atoms with Crippen molar-refractivity contribution < 1.29 is 18.7 Å². The van der Waals surface area contributed by atoms with E-state index >= 15 is 0 Å².